The SMILES string of the molecule is CC1(C(=O)N(CCBr)C2CCCCC2)CCCCC1. The van der Waals surface area contributed by atoms with Gasteiger partial charge in [0.15, 0.2) is 0 Å². The van der Waals surface area contributed by atoms with Gasteiger partial charge in [-0.05, 0) is 25.7 Å². The normalized spacial score (nSPS) is 24.1. The summed E-state index contributed by atoms with van der Waals surface area (Å²) in [5.41, 5.74) is -0.0716. The van der Waals surface area contributed by atoms with Gasteiger partial charge in [0.25, 0.3) is 0 Å². The number of rotatable bonds is 4. The Morgan fingerprint density at radius 2 is 1.68 bits per heavy atom. The highest BCUT2D eigenvalue weighted by atomic mass is 79.9. The molecule has 2 nitrogen and oxygen atoms in total. The monoisotopic (exact) mass is 329 g/mol. The van der Waals surface area contributed by atoms with E-state index in [2.05, 4.69) is 27.8 Å². The van der Waals surface area contributed by atoms with E-state index in [0.717, 1.165) is 24.7 Å². The van der Waals surface area contributed by atoms with Gasteiger partial charge in [-0.3, -0.25) is 4.79 Å². The molecule has 2 aliphatic rings. The van der Waals surface area contributed by atoms with E-state index in [4.69, 9.17) is 0 Å². The highest BCUT2D eigenvalue weighted by Crippen LogP contribution is 2.38. The molecule has 0 saturated heterocycles. The van der Waals surface area contributed by atoms with Gasteiger partial charge in [-0.15, -0.1) is 0 Å². The van der Waals surface area contributed by atoms with Gasteiger partial charge in [-0.2, -0.15) is 0 Å². The second-order valence-corrected chi connectivity index (χ2v) is 7.39. The Morgan fingerprint density at radius 1 is 1.11 bits per heavy atom. The summed E-state index contributed by atoms with van der Waals surface area (Å²) in [5.74, 6) is 0.443. The van der Waals surface area contributed by atoms with Crippen molar-refractivity contribution in [2.45, 2.75) is 77.2 Å². The van der Waals surface area contributed by atoms with E-state index in [0.29, 0.717) is 11.9 Å². The average Bonchev–Trinajstić information content (AvgIpc) is 2.46. The highest BCUT2D eigenvalue weighted by molar-refractivity contribution is 9.09. The fourth-order valence-electron chi connectivity index (χ4n) is 3.83. The molecular formula is C16H28BrNO. The van der Waals surface area contributed by atoms with Crippen LogP contribution in [0.2, 0.25) is 0 Å². The largest absolute Gasteiger partial charge is 0.338 e. The number of halogens is 1. The van der Waals surface area contributed by atoms with Crippen molar-refractivity contribution in [2.24, 2.45) is 5.41 Å². The van der Waals surface area contributed by atoms with Crippen molar-refractivity contribution in [3.63, 3.8) is 0 Å². The Bertz CT molecular complexity index is 293. The van der Waals surface area contributed by atoms with Crippen LogP contribution in [0.1, 0.15) is 71.1 Å². The fraction of sp³-hybridized carbons (Fsp3) is 0.938. The first-order valence-electron chi connectivity index (χ1n) is 8.04. The van der Waals surface area contributed by atoms with E-state index in [1.165, 1.54) is 51.4 Å². The summed E-state index contributed by atoms with van der Waals surface area (Å²) in [6, 6.07) is 0.512. The summed E-state index contributed by atoms with van der Waals surface area (Å²) in [5, 5.41) is 0.908. The molecule has 0 aromatic heterocycles. The maximum atomic E-state index is 13.0. The Hall–Kier alpha value is -0.0500. The summed E-state index contributed by atoms with van der Waals surface area (Å²) in [4.78, 5) is 15.2. The first-order chi connectivity index (χ1) is 9.17. The lowest BCUT2D eigenvalue weighted by molar-refractivity contribution is -0.146. The summed E-state index contributed by atoms with van der Waals surface area (Å²) < 4.78 is 0. The van der Waals surface area contributed by atoms with Crippen LogP contribution < -0.4 is 0 Å². The van der Waals surface area contributed by atoms with Crippen molar-refractivity contribution in [2.75, 3.05) is 11.9 Å². The molecule has 0 aliphatic heterocycles. The minimum Gasteiger partial charge on any atom is -0.338 e. The van der Waals surface area contributed by atoms with E-state index in [-0.39, 0.29) is 5.41 Å². The molecule has 2 rings (SSSR count). The lowest BCUT2D eigenvalue weighted by atomic mass is 9.74. The third kappa shape index (κ3) is 3.74. The molecule has 0 heterocycles. The number of alkyl halides is 1. The minimum atomic E-state index is -0.0716. The smallest absolute Gasteiger partial charge is 0.228 e. The molecule has 1 amide bonds. The predicted octanol–water partition coefficient (Wildman–Crippen LogP) is 4.51. The lowest BCUT2D eigenvalue weighted by Gasteiger charge is -2.41. The second-order valence-electron chi connectivity index (χ2n) is 6.60. The van der Waals surface area contributed by atoms with E-state index in [9.17, 15) is 4.79 Å². The van der Waals surface area contributed by atoms with Gasteiger partial charge in [-0.25, -0.2) is 0 Å². The molecule has 3 heteroatoms. The number of carbonyl (C=O) groups excluding carboxylic acids is 1. The third-order valence-corrected chi connectivity index (χ3v) is 5.43. The molecule has 19 heavy (non-hydrogen) atoms. The first-order valence-corrected chi connectivity index (χ1v) is 9.16. The van der Waals surface area contributed by atoms with Gasteiger partial charge < -0.3 is 4.90 Å². The molecule has 2 fully saturated rings. The van der Waals surface area contributed by atoms with Crippen molar-refractivity contribution in [1.82, 2.24) is 4.90 Å². The molecule has 0 bridgehead atoms. The van der Waals surface area contributed by atoms with Crippen molar-refractivity contribution >= 4 is 21.8 Å². The highest BCUT2D eigenvalue weighted by Gasteiger charge is 2.39. The van der Waals surface area contributed by atoms with Crippen LogP contribution in [0, 0.1) is 5.41 Å². The number of hydrogen-bond donors (Lipinski definition) is 0. The van der Waals surface area contributed by atoms with Crippen molar-refractivity contribution < 1.29 is 4.79 Å². The van der Waals surface area contributed by atoms with Crippen LogP contribution >= 0.6 is 15.9 Å². The molecule has 0 atom stereocenters. The van der Waals surface area contributed by atoms with Crippen LogP contribution in [-0.4, -0.2) is 28.7 Å². The molecule has 0 spiro atoms. The van der Waals surface area contributed by atoms with Crippen molar-refractivity contribution in [3.05, 3.63) is 0 Å². The van der Waals surface area contributed by atoms with Crippen LogP contribution in [-0.2, 0) is 4.79 Å². The van der Waals surface area contributed by atoms with Gasteiger partial charge in [0, 0.05) is 23.3 Å². The van der Waals surface area contributed by atoms with Crippen LogP contribution in [0.5, 0.6) is 0 Å². The predicted molar refractivity (Wildman–Crippen MR) is 83.6 cm³/mol. The van der Waals surface area contributed by atoms with Crippen LogP contribution in [0.3, 0.4) is 0 Å². The van der Waals surface area contributed by atoms with E-state index in [1.807, 2.05) is 0 Å². The molecule has 0 aromatic rings. The van der Waals surface area contributed by atoms with Crippen LogP contribution in [0.4, 0.5) is 0 Å². The zero-order valence-electron chi connectivity index (χ0n) is 12.3. The molecule has 0 N–H and O–H groups in total. The Kier molecular flexibility index (Phi) is 5.73. The number of nitrogens with zero attached hydrogens (tertiary/aromatic N) is 1. The molecule has 0 radical (unpaired) electrons. The molecule has 2 aliphatic carbocycles. The number of hydrogen-bond acceptors (Lipinski definition) is 1. The summed E-state index contributed by atoms with van der Waals surface area (Å²) >= 11 is 3.53. The van der Waals surface area contributed by atoms with Crippen LogP contribution in [0.25, 0.3) is 0 Å². The molecule has 0 aromatic carbocycles. The first kappa shape index (κ1) is 15.3. The third-order valence-electron chi connectivity index (χ3n) is 5.08. The quantitative estimate of drug-likeness (QED) is 0.694. The second kappa shape index (κ2) is 7.10. The number of amides is 1. The summed E-state index contributed by atoms with van der Waals surface area (Å²) in [6.07, 6.45) is 12.3. The Morgan fingerprint density at radius 3 is 2.26 bits per heavy atom. The van der Waals surface area contributed by atoms with Gasteiger partial charge >= 0.3 is 0 Å². The zero-order chi connectivity index (χ0) is 13.7. The molecule has 0 unspecified atom stereocenters. The maximum absolute atomic E-state index is 13.0. The van der Waals surface area contributed by atoms with Crippen molar-refractivity contribution in [3.8, 4) is 0 Å². The van der Waals surface area contributed by atoms with Crippen molar-refractivity contribution in [1.29, 1.82) is 0 Å². The summed E-state index contributed by atoms with van der Waals surface area (Å²) in [7, 11) is 0. The zero-order valence-corrected chi connectivity index (χ0v) is 13.9. The molecule has 110 valence electrons. The Balaban J connectivity index is 2.06. The summed E-state index contributed by atoms with van der Waals surface area (Å²) in [6.45, 7) is 3.09. The average molecular weight is 330 g/mol. The van der Waals surface area contributed by atoms with E-state index in [1.54, 1.807) is 0 Å². The standard InChI is InChI=1S/C16H28BrNO/c1-16(10-6-3-7-11-16)15(19)18(13-12-17)14-8-4-2-5-9-14/h14H,2-13H2,1H3. The Labute approximate surface area is 126 Å². The van der Waals surface area contributed by atoms with Gasteiger partial charge in [-0.1, -0.05) is 61.4 Å². The minimum absolute atomic E-state index is 0.0716. The maximum Gasteiger partial charge on any atom is 0.228 e. The van der Waals surface area contributed by atoms with E-state index < -0.39 is 0 Å². The topological polar surface area (TPSA) is 20.3 Å². The number of carbonyl (C=O) groups is 1. The lowest BCUT2D eigenvalue weighted by Crippen LogP contribution is -2.49. The van der Waals surface area contributed by atoms with E-state index >= 15 is 0 Å². The molecule has 2 saturated carbocycles. The van der Waals surface area contributed by atoms with Gasteiger partial charge in [0.2, 0.25) is 5.91 Å². The molecular weight excluding hydrogens is 302 g/mol. The van der Waals surface area contributed by atoms with Gasteiger partial charge in [0.1, 0.15) is 0 Å². The van der Waals surface area contributed by atoms with Crippen LogP contribution in [0.15, 0.2) is 0 Å². The van der Waals surface area contributed by atoms with Gasteiger partial charge in [0.05, 0.1) is 0 Å². The fourth-order valence-corrected chi connectivity index (χ4v) is 4.21.